The van der Waals surface area contributed by atoms with Gasteiger partial charge in [-0.2, -0.15) is 0 Å². The van der Waals surface area contributed by atoms with Gasteiger partial charge in [0.05, 0.1) is 5.69 Å². The van der Waals surface area contributed by atoms with Crippen LogP contribution in [0.4, 0.5) is 5.69 Å². The molecule has 0 fully saturated rings. The summed E-state index contributed by atoms with van der Waals surface area (Å²) in [5.41, 5.74) is 0.982. The van der Waals surface area contributed by atoms with Gasteiger partial charge in [-0.3, -0.25) is 0 Å². The molecule has 2 nitrogen and oxygen atoms in total. The molecular formula is C12H14N2S3. The lowest BCUT2D eigenvalue weighted by atomic mass is 10.3. The van der Waals surface area contributed by atoms with E-state index in [2.05, 4.69) is 23.7 Å². The number of nitrogens with zero attached hydrogens (tertiary/aromatic N) is 2. The summed E-state index contributed by atoms with van der Waals surface area (Å²) in [5.74, 6) is 0. The van der Waals surface area contributed by atoms with Crippen LogP contribution in [0.1, 0.15) is 13.8 Å². The van der Waals surface area contributed by atoms with E-state index < -0.39 is 0 Å². The van der Waals surface area contributed by atoms with E-state index in [1.54, 1.807) is 0 Å². The Labute approximate surface area is 114 Å². The van der Waals surface area contributed by atoms with Crippen LogP contribution in [0.2, 0.25) is 0 Å². The Morgan fingerprint density at radius 3 is 2.53 bits per heavy atom. The number of hydrogen-bond acceptors (Lipinski definition) is 3. The molecule has 1 aromatic carbocycles. The molecule has 5 heteroatoms. The summed E-state index contributed by atoms with van der Waals surface area (Å²) in [4.78, 5) is 8.66. The van der Waals surface area contributed by atoms with Gasteiger partial charge in [-0.25, -0.2) is 4.99 Å². The van der Waals surface area contributed by atoms with Gasteiger partial charge in [0.1, 0.15) is 10.0 Å². The maximum absolute atomic E-state index is 5.55. The van der Waals surface area contributed by atoms with Gasteiger partial charge in [-0.1, -0.05) is 24.4 Å². The Hall–Kier alpha value is -0.650. The van der Waals surface area contributed by atoms with Gasteiger partial charge in [0, 0.05) is 18.0 Å². The number of para-hydroxylation sites is 1. The molecule has 0 saturated heterocycles. The summed E-state index contributed by atoms with van der Waals surface area (Å²) < 4.78 is 0. The molecule has 0 radical (unpaired) electrons. The van der Waals surface area contributed by atoms with Crippen LogP contribution in [0.5, 0.6) is 0 Å². The van der Waals surface area contributed by atoms with Gasteiger partial charge in [-0.05, 0) is 46.6 Å². The molecule has 0 aromatic heterocycles. The Morgan fingerprint density at radius 1 is 1.29 bits per heavy atom. The van der Waals surface area contributed by atoms with Crippen molar-refractivity contribution in [3.63, 3.8) is 0 Å². The van der Waals surface area contributed by atoms with Crippen molar-refractivity contribution in [1.29, 1.82) is 0 Å². The summed E-state index contributed by atoms with van der Waals surface area (Å²) in [6.07, 6.45) is 0. The van der Waals surface area contributed by atoms with E-state index >= 15 is 0 Å². The van der Waals surface area contributed by atoms with Crippen molar-refractivity contribution in [3.8, 4) is 0 Å². The maximum atomic E-state index is 5.55. The van der Waals surface area contributed by atoms with E-state index in [0.717, 1.165) is 33.7 Å². The van der Waals surface area contributed by atoms with Gasteiger partial charge < -0.3 is 4.90 Å². The Balaban J connectivity index is 2.33. The zero-order valence-electron chi connectivity index (χ0n) is 9.84. The van der Waals surface area contributed by atoms with Gasteiger partial charge in [0.2, 0.25) is 0 Å². The smallest absolute Gasteiger partial charge is 0.140 e. The van der Waals surface area contributed by atoms with Crippen molar-refractivity contribution in [1.82, 2.24) is 4.90 Å². The zero-order chi connectivity index (χ0) is 12.4. The van der Waals surface area contributed by atoms with E-state index in [1.807, 2.05) is 24.3 Å². The number of aliphatic imine (C=N–C) groups is 1. The minimum atomic E-state index is -0.389. The van der Waals surface area contributed by atoms with Gasteiger partial charge in [-0.15, -0.1) is 0 Å². The minimum absolute atomic E-state index is 0.389. The second-order valence-electron chi connectivity index (χ2n) is 3.63. The SMILES string of the molecule is CCN(CC)C(=S)C1=Nc2ccccc2S1=S. The first-order valence-corrected chi connectivity index (χ1v) is 8.13. The van der Waals surface area contributed by atoms with E-state index in [0.29, 0.717) is 0 Å². The summed E-state index contributed by atoms with van der Waals surface area (Å²) in [7, 11) is -0.389. The molecular weight excluding hydrogens is 268 g/mol. The highest BCUT2D eigenvalue weighted by molar-refractivity contribution is 8.39. The fourth-order valence-electron chi connectivity index (χ4n) is 1.73. The van der Waals surface area contributed by atoms with Gasteiger partial charge in [0.15, 0.2) is 0 Å². The zero-order valence-corrected chi connectivity index (χ0v) is 12.3. The highest BCUT2D eigenvalue weighted by Gasteiger charge is 2.24. The highest BCUT2D eigenvalue weighted by atomic mass is 32.8. The molecule has 1 aliphatic heterocycles. The second-order valence-corrected chi connectivity index (χ2v) is 6.38. The van der Waals surface area contributed by atoms with Gasteiger partial charge in [0.25, 0.3) is 0 Å². The molecule has 0 spiro atoms. The molecule has 1 atom stereocenters. The quantitative estimate of drug-likeness (QED) is 0.793. The third-order valence-electron chi connectivity index (χ3n) is 2.70. The second kappa shape index (κ2) is 5.33. The van der Waals surface area contributed by atoms with Crippen LogP contribution < -0.4 is 0 Å². The first kappa shape index (κ1) is 12.8. The first-order chi connectivity index (χ1) is 8.19. The lowest BCUT2D eigenvalue weighted by molar-refractivity contribution is 0.479. The average molecular weight is 282 g/mol. The standard InChI is InChI=1S/C12H14N2S3/c1-3-14(4-2)12(15)11-13-9-7-5-6-8-10(9)17(11)16/h5-8H,3-4H2,1-2H3. The predicted molar refractivity (Wildman–Crippen MR) is 82.1 cm³/mol. The fraction of sp³-hybridized carbons (Fsp3) is 0.333. The van der Waals surface area contributed by atoms with Crippen LogP contribution in [-0.2, 0) is 20.6 Å². The Kier molecular flexibility index (Phi) is 4.01. The number of rotatable bonds is 3. The molecule has 17 heavy (non-hydrogen) atoms. The summed E-state index contributed by atoms with van der Waals surface area (Å²) in [6.45, 7) is 5.99. The molecule has 1 aliphatic rings. The molecule has 1 unspecified atom stereocenters. The molecule has 1 heterocycles. The molecule has 0 saturated carbocycles. The molecule has 0 N–H and O–H groups in total. The number of benzene rings is 1. The van der Waals surface area contributed by atoms with E-state index in [1.165, 1.54) is 0 Å². The van der Waals surface area contributed by atoms with Crippen LogP contribution >= 0.6 is 12.2 Å². The van der Waals surface area contributed by atoms with Crippen molar-refractivity contribution in [3.05, 3.63) is 24.3 Å². The topological polar surface area (TPSA) is 15.6 Å². The highest BCUT2D eigenvalue weighted by Crippen LogP contribution is 2.30. The average Bonchev–Trinajstić information content (AvgIpc) is 2.69. The van der Waals surface area contributed by atoms with E-state index in [-0.39, 0.29) is 9.45 Å². The van der Waals surface area contributed by atoms with Crippen molar-refractivity contribution in [2.45, 2.75) is 18.7 Å². The normalized spacial score (nSPS) is 17.5. The molecule has 2 rings (SSSR count). The number of fused-ring (bicyclic) bond motifs is 1. The summed E-state index contributed by atoms with van der Waals surface area (Å²) in [5, 5.41) is 0.889. The fourth-order valence-corrected chi connectivity index (χ4v) is 4.40. The number of thiocarbonyl (C=S) groups is 1. The molecule has 1 aromatic rings. The van der Waals surface area contributed by atoms with Crippen LogP contribution in [0.25, 0.3) is 0 Å². The predicted octanol–water partition coefficient (Wildman–Crippen LogP) is 2.84. The molecule has 90 valence electrons. The third-order valence-corrected chi connectivity index (χ3v) is 5.67. The summed E-state index contributed by atoms with van der Waals surface area (Å²) in [6, 6.07) is 8.04. The van der Waals surface area contributed by atoms with Crippen LogP contribution in [0, 0.1) is 0 Å². The Bertz CT molecular complexity index is 504. The Morgan fingerprint density at radius 2 is 1.94 bits per heavy atom. The number of hydrogen-bond donors (Lipinski definition) is 0. The van der Waals surface area contributed by atoms with Crippen LogP contribution in [-0.4, -0.2) is 28.0 Å². The monoisotopic (exact) mass is 282 g/mol. The largest absolute Gasteiger partial charge is 0.361 e. The van der Waals surface area contributed by atoms with Crippen molar-refractivity contribution in [2.24, 2.45) is 4.99 Å². The van der Waals surface area contributed by atoms with Crippen molar-refractivity contribution >= 4 is 48.6 Å². The lowest BCUT2D eigenvalue weighted by Crippen LogP contribution is -2.35. The first-order valence-electron chi connectivity index (χ1n) is 5.57. The lowest BCUT2D eigenvalue weighted by Gasteiger charge is -2.21. The van der Waals surface area contributed by atoms with Gasteiger partial charge >= 0.3 is 0 Å². The van der Waals surface area contributed by atoms with Crippen molar-refractivity contribution in [2.75, 3.05) is 13.1 Å². The van der Waals surface area contributed by atoms with Crippen LogP contribution in [0.3, 0.4) is 0 Å². The molecule has 0 aliphatic carbocycles. The molecule has 0 bridgehead atoms. The van der Waals surface area contributed by atoms with Crippen molar-refractivity contribution < 1.29 is 0 Å². The summed E-state index contributed by atoms with van der Waals surface area (Å²) >= 11 is 11.0. The minimum Gasteiger partial charge on any atom is -0.361 e. The maximum Gasteiger partial charge on any atom is 0.140 e. The van der Waals surface area contributed by atoms with Crippen LogP contribution in [0.15, 0.2) is 34.2 Å². The third kappa shape index (κ3) is 2.32. The van der Waals surface area contributed by atoms with E-state index in [9.17, 15) is 0 Å². The molecule has 0 amide bonds. The van der Waals surface area contributed by atoms with E-state index in [4.69, 9.17) is 23.4 Å².